The second kappa shape index (κ2) is 7.40. The van der Waals surface area contributed by atoms with E-state index in [9.17, 15) is 13.2 Å². The monoisotopic (exact) mass is 403 g/mol. The third kappa shape index (κ3) is 3.85. The van der Waals surface area contributed by atoms with E-state index in [4.69, 9.17) is 0 Å². The van der Waals surface area contributed by atoms with Crippen LogP contribution >= 0.6 is 0 Å². The fourth-order valence-electron chi connectivity index (χ4n) is 3.92. The Morgan fingerprint density at radius 2 is 2.03 bits per heavy atom. The maximum absolute atomic E-state index is 13.7. The molecule has 0 bridgehead atoms. The second-order valence-corrected chi connectivity index (χ2v) is 7.99. The van der Waals surface area contributed by atoms with Gasteiger partial charge < -0.3 is 0 Å². The van der Waals surface area contributed by atoms with Crippen LogP contribution in [-0.2, 0) is 12.7 Å². The Labute approximate surface area is 167 Å². The Balaban J connectivity index is 1.72. The van der Waals surface area contributed by atoms with Crippen molar-refractivity contribution in [2.75, 3.05) is 6.54 Å². The molecule has 5 nitrogen and oxygen atoms in total. The van der Waals surface area contributed by atoms with E-state index in [1.165, 1.54) is 5.56 Å². The summed E-state index contributed by atoms with van der Waals surface area (Å²) in [5, 5.41) is 4.36. The highest BCUT2D eigenvalue weighted by molar-refractivity contribution is 5.44. The molecule has 3 aromatic heterocycles. The van der Waals surface area contributed by atoms with Gasteiger partial charge in [-0.05, 0) is 55.5 Å². The van der Waals surface area contributed by atoms with Gasteiger partial charge in [0, 0.05) is 30.7 Å². The normalized spacial score (nSPS) is 18.2. The highest BCUT2D eigenvalue weighted by atomic mass is 19.4. The Kier molecular flexibility index (Phi) is 5.06. The first-order chi connectivity index (χ1) is 13.7. The van der Waals surface area contributed by atoms with Gasteiger partial charge in [-0.1, -0.05) is 13.8 Å². The van der Waals surface area contributed by atoms with Crippen molar-refractivity contribution in [3.63, 3.8) is 0 Å². The third-order valence-electron chi connectivity index (χ3n) is 5.56. The smallest absolute Gasteiger partial charge is 0.290 e. The minimum Gasteiger partial charge on any atom is -0.290 e. The average Bonchev–Trinajstić information content (AvgIpc) is 3.27. The molecule has 8 heteroatoms. The number of aryl methyl sites for hydroxylation is 1. The number of pyridine rings is 1. The van der Waals surface area contributed by atoms with Crippen molar-refractivity contribution in [3.05, 3.63) is 58.8 Å². The predicted octanol–water partition coefficient (Wildman–Crippen LogP) is 4.91. The van der Waals surface area contributed by atoms with Gasteiger partial charge in [0.1, 0.15) is 5.69 Å². The maximum atomic E-state index is 13.7. The molecule has 29 heavy (non-hydrogen) atoms. The van der Waals surface area contributed by atoms with Gasteiger partial charge >= 0.3 is 6.18 Å². The molecule has 0 aromatic carbocycles. The van der Waals surface area contributed by atoms with Crippen molar-refractivity contribution < 1.29 is 13.2 Å². The van der Waals surface area contributed by atoms with Crippen LogP contribution in [0, 0.1) is 6.92 Å². The lowest BCUT2D eigenvalue weighted by Crippen LogP contribution is -2.23. The van der Waals surface area contributed by atoms with Gasteiger partial charge in [0.15, 0.2) is 5.65 Å². The molecule has 1 saturated heterocycles. The van der Waals surface area contributed by atoms with Gasteiger partial charge in [0.25, 0.3) is 0 Å². The minimum atomic E-state index is -4.49. The molecule has 0 spiro atoms. The van der Waals surface area contributed by atoms with Crippen molar-refractivity contribution in [3.8, 4) is 0 Å². The standard InChI is InChI=1S/C21H24F3N5/c1-13(2)16-9-19(21(22,23)24)29-20(26-16)10-17(27-29)18-5-4-8-28(18)12-15-6-7-25-11-14(15)3/h6-7,9-11,13,18H,4-5,8,12H2,1-3H3/t18-/m1/s1. The summed E-state index contributed by atoms with van der Waals surface area (Å²) in [6.45, 7) is 7.31. The van der Waals surface area contributed by atoms with Crippen LogP contribution in [0.25, 0.3) is 5.65 Å². The van der Waals surface area contributed by atoms with Crippen LogP contribution in [0.4, 0.5) is 13.2 Å². The van der Waals surface area contributed by atoms with Gasteiger partial charge in [-0.25, -0.2) is 9.50 Å². The van der Waals surface area contributed by atoms with Crippen LogP contribution < -0.4 is 0 Å². The molecule has 1 fully saturated rings. The lowest BCUT2D eigenvalue weighted by Gasteiger charge is -2.23. The number of alkyl halides is 3. The molecule has 0 amide bonds. The number of likely N-dealkylation sites (tertiary alicyclic amines) is 1. The lowest BCUT2D eigenvalue weighted by molar-refractivity contribution is -0.142. The topological polar surface area (TPSA) is 46.3 Å². The van der Waals surface area contributed by atoms with E-state index in [1.807, 2.05) is 33.0 Å². The van der Waals surface area contributed by atoms with E-state index in [-0.39, 0.29) is 17.6 Å². The molecule has 1 aliphatic heterocycles. The van der Waals surface area contributed by atoms with Gasteiger partial charge in [0.05, 0.1) is 11.7 Å². The van der Waals surface area contributed by atoms with Crippen LogP contribution in [0.1, 0.15) is 66.9 Å². The summed E-state index contributed by atoms with van der Waals surface area (Å²) in [6, 6.07) is 4.80. The number of halogens is 3. The first kappa shape index (κ1) is 19.8. The molecule has 1 atom stereocenters. The molecule has 0 aliphatic carbocycles. The number of hydrogen-bond donors (Lipinski definition) is 0. The number of aromatic nitrogens is 4. The van der Waals surface area contributed by atoms with Crippen molar-refractivity contribution in [1.29, 1.82) is 0 Å². The predicted molar refractivity (Wildman–Crippen MR) is 103 cm³/mol. The zero-order chi connectivity index (χ0) is 20.8. The molecule has 154 valence electrons. The molecule has 0 saturated carbocycles. The van der Waals surface area contributed by atoms with Gasteiger partial charge in [0.2, 0.25) is 0 Å². The molecule has 0 unspecified atom stereocenters. The summed E-state index contributed by atoms with van der Waals surface area (Å²) >= 11 is 0. The molecule has 0 radical (unpaired) electrons. The average molecular weight is 403 g/mol. The number of fused-ring (bicyclic) bond motifs is 1. The van der Waals surface area contributed by atoms with E-state index in [0.717, 1.165) is 42.1 Å². The molecule has 0 N–H and O–H groups in total. The fourth-order valence-corrected chi connectivity index (χ4v) is 3.92. The second-order valence-electron chi connectivity index (χ2n) is 7.99. The Hall–Kier alpha value is -2.48. The summed E-state index contributed by atoms with van der Waals surface area (Å²) in [7, 11) is 0. The Morgan fingerprint density at radius 1 is 1.24 bits per heavy atom. The van der Waals surface area contributed by atoms with E-state index < -0.39 is 11.9 Å². The molecular formula is C21H24F3N5. The van der Waals surface area contributed by atoms with Crippen molar-refractivity contribution in [1.82, 2.24) is 24.5 Å². The van der Waals surface area contributed by atoms with Gasteiger partial charge in [-0.3, -0.25) is 9.88 Å². The lowest BCUT2D eigenvalue weighted by atomic mass is 10.1. The Morgan fingerprint density at radius 3 is 2.72 bits per heavy atom. The number of rotatable bonds is 4. The number of nitrogens with zero attached hydrogens (tertiary/aromatic N) is 5. The van der Waals surface area contributed by atoms with Crippen molar-refractivity contribution >= 4 is 5.65 Å². The van der Waals surface area contributed by atoms with E-state index in [2.05, 4.69) is 20.0 Å². The van der Waals surface area contributed by atoms with Crippen LogP contribution in [0.2, 0.25) is 0 Å². The summed E-state index contributed by atoms with van der Waals surface area (Å²) in [4.78, 5) is 10.8. The third-order valence-corrected chi connectivity index (χ3v) is 5.56. The molecule has 1 aliphatic rings. The molecule has 4 rings (SSSR count). The summed E-state index contributed by atoms with van der Waals surface area (Å²) < 4.78 is 41.9. The fraction of sp³-hybridized carbons (Fsp3) is 0.476. The van der Waals surface area contributed by atoms with E-state index >= 15 is 0 Å². The maximum Gasteiger partial charge on any atom is 0.433 e. The summed E-state index contributed by atoms with van der Waals surface area (Å²) in [5.74, 6) is -0.0999. The summed E-state index contributed by atoms with van der Waals surface area (Å²) in [6.07, 6.45) is 0.965. The van der Waals surface area contributed by atoms with Crippen molar-refractivity contribution in [2.45, 2.75) is 58.3 Å². The number of hydrogen-bond acceptors (Lipinski definition) is 4. The first-order valence-electron chi connectivity index (χ1n) is 9.85. The molecule has 3 aromatic rings. The van der Waals surface area contributed by atoms with Gasteiger partial charge in [-0.15, -0.1) is 0 Å². The zero-order valence-corrected chi connectivity index (χ0v) is 16.7. The molecular weight excluding hydrogens is 379 g/mol. The Bertz CT molecular complexity index is 1020. The highest BCUT2D eigenvalue weighted by Gasteiger charge is 2.36. The van der Waals surface area contributed by atoms with Crippen molar-refractivity contribution in [2.24, 2.45) is 0 Å². The SMILES string of the molecule is Cc1cnccc1CN1CCC[C@@H]1c1cc2nc(C(C)C)cc(C(F)(F)F)n2n1. The van der Waals surface area contributed by atoms with Gasteiger partial charge in [-0.2, -0.15) is 18.3 Å². The summed E-state index contributed by atoms with van der Waals surface area (Å²) in [5.41, 5.74) is 2.83. The van der Waals surface area contributed by atoms with E-state index in [1.54, 1.807) is 12.3 Å². The van der Waals surface area contributed by atoms with E-state index in [0.29, 0.717) is 11.4 Å². The quantitative estimate of drug-likeness (QED) is 0.621. The largest absolute Gasteiger partial charge is 0.433 e. The minimum absolute atomic E-state index is 0.0205. The highest BCUT2D eigenvalue weighted by Crippen LogP contribution is 2.35. The van der Waals surface area contributed by atoms with Crippen LogP contribution in [0.5, 0.6) is 0 Å². The van der Waals surface area contributed by atoms with Crippen LogP contribution in [-0.4, -0.2) is 31.0 Å². The zero-order valence-electron chi connectivity index (χ0n) is 16.7. The van der Waals surface area contributed by atoms with Crippen LogP contribution in [0.3, 0.4) is 0 Å². The molecule has 4 heterocycles. The van der Waals surface area contributed by atoms with Crippen LogP contribution in [0.15, 0.2) is 30.6 Å². The first-order valence-corrected chi connectivity index (χ1v) is 9.85.